The second kappa shape index (κ2) is 5.61. The Balaban J connectivity index is 1.71. The predicted molar refractivity (Wildman–Crippen MR) is 82.1 cm³/mol. The third-order valence-corrected chi connectivity index (χ3v) is 4.47. The molecule has 0 radical (unpaired) electrons. The van der Waals surface area contributed by atoms with Gasteiger partial charge in [0.25, 0.3) is 0 Å². The van der Waals surface area contributed by atoms with E-state index in [1.54, 1.807) is 0 Å². The summed E-state index contributed by atoms with van der Waals surface area (Å²) in [6.07, 6.45) is 5.50. The lowest BCUT2D eigenvalue weighted by molar-refractivity contribution is 0.187. The SMILES string of the molecule is CCC1CC(Cc2cccc(-c3ccccc3)c2)C1. The van der Waals surface area contributed by atoms with Gasteiger partial charge in [-0.2, -0.15) is 0 Å². The summed E-state index contributed by atoms with van der Waals surface area (Å²) in [4.78, 5) is 0. The van der Waals surface area contributed by atoms with E-state index in [2.05, 4.69) is 61.5 Å². The van der Waals surface area contributed by atoms with Crippen LogP contribution in [0, 0.1) is 11.8 Å². The van der Waals surface area contributed by atoms with Crippen LogP contribution in [0.25, 0.3) is 11.1 Å². The van der Waals surface area contributed by atoms with Crippen LogP contribution in [-0.2, 0) is 6.42 Å². The first-order valence-electron chi connectivity index (χ1n) is 7.49. The maximum Gasteiger partial charge on any atom is -0.0181 e. The van der Waals surface area contributed by atoms with Gasteiger partial charge in [-0.05, 0) is 47.8 Å². The molecule has 0 aromatic heterocycles. The molecule has 0 aliphatic heterocycles. The van der Waals surface area contributed by atoms with Crippen molar-refractivity contribution in [3.8, 4) is 11.1 Å². The smallest absolute Gasteiger partial charge is 0.0181 e. The zero-order valence-corrected chi connectivity index (χ0v) is 11.7. The maximum atomic E-state index is 2.37. The highest BCUT2D eigenvalue weighted by Crippen LogP contribution is 2.38. The molecule has 2 aromatic carbocycles. The van der Waals surface area contributed by atoms with Gasteiger partial charge in [0.1, 0.15) is 0 Å². The molecular weight excluding hydrogens is 228 g/mol. The van der Waals surface area contributed by atoms with Gasteiger partial charge < -0.3 is 0 Å². The molecule has 0 heteroatoms. The standard InChI is InChI=1S/C19H22/c1-2-15-11-17(12-15)13-16-7-6-10-19(14-16)18-8-4-3-5-9-18/h3-10,14-15,17H,2,11-13H2,1H3. The van der Waals surface area contributed by atoms with Gasteiger partial charge in [0.05, 0.1) is 0 Å². The fraction of sp³-hybridized carbons (Fsp3) is 0.368. The molecule has 0 N–H and O–H groups in total. The van der Waals surface area contributed by atoms with Crippen LogP contribution in [0.3, 0.4) is 0 Å². The molecule has 0 spiro atoms. The van der Waals surface area contributed by atoms with Crippen molar-refractivity contribution in [2.45, 2.75) is 32.6 Å². The van der Waals surface area contributed by atoms with Gasteiger partial charge in [-0.1, -0.05) is 67.9 Å². The van der Waals surface area contributed by atoms with Crippen molar-refractivity contribution in [1.82, 2.24) is 0 Å². The van der Waals surface area contributed by atoms with Crippen molar-refractivity contribution < 1.29 is 0 Å². The first kappa shape index (κ1) is 12.5. The third kappa shape index (κ3) is 2.89. The van der Waals surface area contributed by atoms with Gasteiger partial charge >= 0.3 is 0 Å². The van der Waals surface area contributed by atoms with Gasteiger partial charge in [-0.25, -0.2) is 0 Å². The van der Waals surface area contributed by atoms with E-state index in [9.17, 15) is 0 Å². The van der Waals surface area contributed by atoms with E-state index in [4.69, 9.17) is 0 Å². The topological polar surface area (TPSA) is 0 Å². The van der Waals surface area contributed by atoms with Gasteiger partial charge in [0.15, 0.2) is 0 Å². The number of rotatable bonds is 4. The van der Waals surface area contributed by atoms with Crippen molar-refractivity contribution in [1.29, 1.82) is 0 Å². The molecule has 0 unspecified atom stereocenters. The molecule has 1 aliphatic rings. The Morgan fingerprint density at radius 1 is 0.842 bits per heavy atom. The predicted octanol–water partition coefficient (Wildman–Crippen LogP) is 5.33. The van der Waals surface area contributed by atoms with E-state index in [0.717, 1.165) is 11.8 Å². The molecule has 1 saturated carbocycles. The van der Waals surface area contributed by atoms with Crippen LogP contribution in [0.15, 0.2) is 54.6 Å². The van der Waals surface area contributed by atoms with Crippen LogP contribution in [0.5, 0.6) is 0 Å². The lowest BCUT2D eigenvalue weighted by Gasteiger charge is -2.34. The molecular formula is C19H22. The normalized spacial score (nSPS) is 21.9. The second-order valence-corrected chi connectivity index (χ2v) is 5.88. The molecule has 0 amide bonds. The fourth-order valence-corrected chi connectivity index (χ4v) is 3.22. The Morgan fingerprint density at radius 2 is 1.58 bits per heavy atom. The second-order valence-electron chi connectivity index (χ2n) is 5.88. The monoisotopic (exact) mass is 250 g/mol. The maximum absolute atomic E-state index is 2.37. The summed E-state index contributed by atoms with van der Waals surface area (Å²) in [5, 5.41) is 0. The number of hydrogen-bond acceptors (Lipinski definition) is 0. The Kier molecular flexibility index (Phi) is 3.68. The molecule has 1 aliphatic carbocycles. The highest BCUT2D eigenvalue weighted by molar-refractivity contribution is 5.63. The number of benzene rings is 2. The average molecular weight is 250 g/mol. The largest absolute Gasteiger partial charge is 0.0651 e. The molecule has 19 heavy (non-hydrogen) atoms. The van der Waals surface area contributed by atoms with Gasteiger partial charge in [0.2, 0.25) is 0 Å². The Morgan fingerprint density at radius 3 is 2.32 bits per heavy atom. The summed E-state index contributed by atoms with van der Waals surface area (Å²) in [6.45, 7) is 2.32. The summed E-state index contributed by atoms with van der Waals surface area (Å²) in [7, 11) is 0. The zero-order chi connectivity index (χ0) is 13.1. The molecule has 0 atom stereocenters. The third-order valence-electron chi connectivity index (χ3n) is 4.47. The van der Waals surface area contributed by atoms with Gasteiger partial charge in [-0.3, -0.25) is 0 Å². The lowest BCUT2D eigenvalue weighted by atomic mass is 9.71. The van der Waals surface area contributed by atoms with E-state index in [1.165, 1.54) is 42.4 Å². The Labute approximate surface area is 116 Å². The van der Waals surface area contributed by atoms with Crippen molar-refractivity contribution in [3.05, 3.63) is 60.2 Å². The molecule has 1 fully saturated rings. The molecule has 0 nitrogen and oxygen atoms in total. The lowest BCUT2D eigenvalue weighted by Crippen LogP contribution is -2.24. The minimum absolute atomic E-state index is 0.927. The van der Waals surface area contributed by atoms with Crippen LogP contribution in [0.1, 0.15) is 31.7 Å². The highest BCUT2D eigenvalue weighted by atomic mass is 14.3. The molecule has 0 bridgehead atoms. The van der Waals surface area contributed by atoms with Crippen LogP contribution >= 0.6 is 0 Å². The van der Waals surface area contributed by atoms with Crippen LogP contribution in [0.2, 0.25) is 0 Å². The summed E-state index contributed by atoms with van der Waals surface area (Å²) < 4.78 is 0. The van der Waals surface area contributed by atoms with Gasteiger partial charge in [-0.15, -0.1) is 0 Å². The first-order valence-corrected chi connectivity index (χ1v) is 7.49. The van der Waals surface area contributed by atoms with Crippen molar-refractivity contribution in [3.63, 3.8) is 0 Å². The molecule has 98 valence electrons. The summed E-state index contributed by atoms with van der Waals surface area (Å²) >= 11 is 0. The molecule has 0 saturated heterocycles. The van der Waals surface area contributed by atoms with E-state index in [-0.39, 0.29) is 0 Å². The highest BCUT2D eigenvalue weighted by Gasteiger charge is 2.27. The van der Waals surface area contributed by atoms with E-state index in [1.807, 2.05) is 0 Å². The van der Waals surface area contributed by atoms with E-state index < -0.39 is 0 Å². The minimum atomic E-state index is 0.927. The minimum Gasteiger partial charge on any atom is -0.0651 e. The van der Waals surface area contributed by atoms with Crippen molar-refractivity contribution in [2.24, 2.45) is 11.8 Å². The Hall–Kier alpha value is -1.56. The van der Waals surface area contributed by atoms with Crippen LogP contribution in [-0.4, -0.2) is 0 Å². The Bertz CT molecular complexity index is 521. The molecule has 3 rings (SSSR count). The zero-order valence-electron chi connectivity index (χ0n) is 11.7. The summed E-state index contributed by atoms with van der Waals surface area (Å²) in [5.74, 6) is 1.93. The summed E-state index contributed by atoms with van der Waals surface area (Å²) in [6, 6.07) is 19.7. The van der Waals surface area contributed by atoms with E-state index in [0.29, 0.717) is 0 Å². The number of hydrogen-bond donors (Lipinski definition) is 0. The first-order chi connectivity index (χ1) is 9.35. The fourth-order valence-electron chi connectivity index (χ4n) is 3.22. The van der Waals surface area contributed by atoms with Gasteiger partial charge in [0, 0.05) is 0 Å². The van der Waals surface area contributed by atoms with Crippen molar-refractivity contribution in [2.75, 3.05) is 0 Å². The summed E-state index contributed by atoms with van der Waals surface area (Å²) in [5.41, 5.74) is 4.18. The quantitative estimate of drug-likeness (QED) is 0.687. The molecule has 2 aromatic rings. The molecule has 0 heterocycles. The van der Waals surface area contributed by atoms with Crippen LogP contribution in [0.4, 0.5) is 0 Å². The van der Waals surface area contributed by atoms with Crippen molar-refractivity contribution >= 4 is 0 Å². The average Bonchev–Trinajstić information content (AvgIpc) is 2.44. The van der Waals surface area contributed by atoms with E-state index >= 15 is 0 Å². The van der Waals surface area contributed by atoms with Crippen LogP contribution < -0.4 is 0 Å².